The van der Waals surface area contributed by atoms with Crippen LogP contribution in [0, 0.1) is 18.3 Å². The van der Waals surface area contributed by atoms with Gasteiger partial charge in [0.15, 0.2) is 0 Å². The molecule has 0 bridgehead atoms. The minimum Gasteiger partial charge on any atom is -0.473 e. The number of hydrogen-bond acceptors (Lipinski definition) is 7. The van der Waals surface area contributed by atoms with Crippen molar-refractivity contribution in [3.05, 3.63) is 11.8 Å². The molecule has 0 radical (unpaired) electrons. The van der Waals surface area contributed by atoms with Gasteiger partial charge in [-0.05, 0) is 11.1 Å². The summed E-state index contributed by atoms with van der Waals surface area (Å²) in [6.07, 6.45) is 5.06. The van der Waals surface area contributed by atoms with E-state index in [0.29, 0.717) is 77.2 Å². The fraction of sp³-hybridized carbons (Fsp3) is 0.737. The van der Waals surface area contributed by atoms with Gasteiger partial charge in [0.25, 0.3) is 5.88 Å². The Kier molecular flexibility index (Phi) is 12.6. The fourth-order valence-electron chi connectivity index (χ4n) is 1.88. The van der Waals surface area contributed by atoms with Crippen molar-refractivity contribution in [1.29, 1.82) is 0 Å². The first kappa shape index (κ1) is 22.5. The van der Waals surface area contributed by atoms with E-state index in [1.54, 1.807) is 0 Å². The smallest absolute Gasteiger partial charge is 0.254 e. The highest BCUT2D eigenvalue weighted by atomic mass is 16.6. The van der Waals surface area contributed by atoms with Crippen LogP contribution < -0.4 is 4.74 Å². The van der Waals surface area contributed by atoms with Crippen LogP contribution >= 0.6 is 0 Å². The van der Waals surface area contributed by atoms with E-state index in [0.717, 1.165) is 5.76 Å². The van der Waals surface area contributed by atoms with E-state index >= 15 is 0 Å². The molecule has 0 saturated carbocycles. The molecule has 1 aromatic rings. The Labute approximate surface area is 156 Å². The van der Waals surface area contributed by atoms with E-state index in [1.165, 1.54) is 0 Å². The van der Waals surface area contributed by atoms with Crippen molar-refractivity contribution in [2.75, 3.05) is 59.5 Å². The molecule has 0 spiro atoms. The van der Waals surface area contributed by atoms with Gasteiger partial charge in [0, 0.05) is 12.0 Å². The third kappa shape index (κ3) is 10.4. The molecular formula is C19H31NO6. The lowest BCUT2D eigenvalue weighted by Crippen LogP contribution is -2.13. The standard InChI is InChI=1S/C19H31NO6/c1-5-6-21-7-8-22-9-10-23-11-12-24-13-14-25-19-15-18(26-20-19)17(4)16(2)3/h1,15-17H,6-14H2,2-4H3. The maximum absolute atomic E-state index is 5.50. The second kappa shape index (κ2) is 14.6. The number of aromatic nitrogens is 1. The molecule has 0 aliphatic carbocycles. The van der Waals surface area contributed by atoms with Crippen molar-refractivity contribution < 1.29 is 28.2 Å². The van der Waals surface area contributed by atoms with Gasteiger partial charge in [-0.15, -0.1) is 6.42 Å². The van der Waals surface area contributed by atoms with Gasteiger partial charge in [-0.25, -0.2) is 0 Å². The predicted octanol–water partition coefficient (Wildman–Crippen LogP) is 2.51. The average molecular weight is 369 g/mol. The summed E-state index contributed by atoms with van der Waals surface area (Å²) < 4.78 is 32.0. The van der Waals surface area contributed by atoms with Gasteiger partial charge in [-0.2, -0.15) is 0 Å². The summed E-state index contributed by atoms with van der Waals surface area (Å²) in [7, 11) is 0. The Morgan fingerprint density at radius 3 is 2.00 bits per heavy atom. The first-order chi connectivity index (χ1) is 12.6. The third-order valence-corrected chi connectivity index (χ3v) is 3.73. The zero-order chi connectivity index (χ0) is 19.0. The highest BCUT2D eigenvalue weighted by Crippen LogP contribution is 2.26. The van der Waals surface area contributed by atoms with Crippen LogP contribution in [0.3, 0.4) is 0 Å². The summed E-state index contributed by atoms with van der Waals surface area (Å²) in [6, 6.07) is 1.84. The average Bonchev–Trinajstić information content (AvgIpc) is 3.10. The Bertz CT molecular complexity index is 496. The van der Waals surface area contributed by atoms with Gasteiger partial charge in [0.05, 0.1) is 46.2 Å². The number of ether oxygens (including phenoxy) is 5. The largest absolute Gasteiger partial charge is 0.473 e. The summed E-state index contributed by atoms with van der Waals surface area (Å²) in [5.74, 6) is 4.54. The quantitative estimate of drug-likeness (QED) is 0.327. The molecule has 0 saturated heterocycles. The lowest BCUT2D eigenvalue weighted by Gasteiger charge is -2.10. The number of terminal acetylenes is 1. The molecule has 7 nitrogen and oxygen atoms in total. The van der Waals surface area contributed by atoms with Crippen LogP contribution in [-0.4, -0.2) is 64.6 Å². The Morgan fingerprint density at radius 2 is 1.46 bits per heavy atom. The van der Waals surface area contributed by atoms with Crippen molar-refractivity contribution in [3.63, 3.8) is 0 Å². The topological polar surface area (TPSA) is 72.2 Å². The highest BCUT2D eigenvalue weighted by Gasteiger charge is 2.16. The van der Waals surface area contributed by atoms with Gasteiger partial charge in [-0.1, -0.05) is 26.7 Å². The van der Waals surface area contributed by atoms with Gasteiger partial charge in [0.1, 0.15) is 19.0 Å². The highest BCUT2D eigenvalue weighted by molar-refractivity contribution is 5.14. The van der Waals surface area contributed by atoms with Gasteiger partial charge in [0.2, 0.25) is 0 Å². The van der Waals surface area contributed by atoms with E-state index in [-0.39, 0.29) is 0 Å². The molecule has 0 fully saturated rings. The molecule has 1 unspecified atom stereocenters. The van der Waals surface area contributed by atoms with Crippen LogP contribution in [-0.2, 0) is 18.9 Å². The summed E-state index contributed by atoms with van der Waals surface area (Å²) in [6.45, 7) is 10.7. The van der Waals surface area contributed by atoms with Crippen molar-refractivity contribution in [2.24, 2.45) is 5.92 Å². The second-order valence-electron chi connectivity index (χ2n) is 6.04. The molecule has 1 atom stereocenters. The Morgan fingerprint density at radius 1 is 0.923 bits per heavy atom. The molecule has 26 heavy (non-hydrogen) atoms. The number of nitrogens with zero attached hydrogens (tertiary/aromatic N) is 1. The lowest BCUT2D eigenvalue weighted by atomic mass is 9.96. The molecule has 0 aromatic carbocycles. The van der Waals surface area contributed by atoms with Crippen molar-refractivity contribution in [2.45, 2.75) is 26.7 Å². The number of rotatable bonds is 16. The van der Waals surface area contributed by atoms with Gasteiger partial charge in [-0.3, -0.25) is 0 Å². The molecule has 1 aromatic heterocycles. The minimum atomic E-state index is 0.313. The molecule has 0 aliphatic rings. The van der Waals surface area contributed by atoms with Crippen LogP contribution in [0.5, 0.6) is 5.88 Å². The van der Waals surface area contributed by atoms with Crippen LogP contribution in [0.25, 0.3) is 0 Å². The van der Waals surface area contributed by atoms with E-state index in [2.05, 4.69) is 31.8 Å². The second-order valence-corrected chi connectivity index (χ2v) is 6.04. The van der Waals surface area contributed by atoms with E-state index in [4.69, 9.17) is 34.6 Å². The first-order valence-electron chi connectivity index (χ1n) is 8.99. The monoisotopic (exact) mass is 369 g/mol. The Balaban J connectivity index is 1.89. The maximum atomic E-state index is 5.50. The van der Waals surface area contributed by atoms with Crippen LogP contribution in [0.4, 0.5) is 0 Å². The zero-order valence-electron chi connectivity index (χ0n) is 16.1. The molecule has 1 rings (SSSR count). The van der Waals surface area contributed by atoms with E-state index in [9.17, 15) is 0 Å². The lowest BCUT2D eigenvalue weighted by molar-refractivity contribution is -0.00211. The summed E-state index contributed by atoms with van der Waals surface area (Å²) in [5, 5.41) is 3.91. The molecule has 0 amide bonds. The van der Waals surface area contributed by atoms with E-state index in [1.807, 2.05) is 6.07 Å². The molecule has 1 heterocycles. The zero-order valence-corrected chi connectivity index (χ0v) is 16.1. The van der Waals surface area contributed by atoms with Crippen molar-refractivity contribution in [3.8, 4) is 18.2 Å². The Hall–Kier alpha value is -1.59. The summed E-state index contributed by atoms with van der Waals surface area (Å²) in [4.78, 5) is 0. The molecule has 148 valence electrons. The molecular weight excluding hydrogens is 338 g/mol. The summed E-state index contributed by atoms with van der Waals surface area (Å²) >= 11 is 0. The number of hydrogen-bond donors (Lipinski definition) is 0. The predicted molar refractivity (Wildman–Crippen MR) is 97.4 cm³/mol. The normalized spacial score (nSPS) is 12.3. The van der Waals surface area contributed by atoms with Gasteiger partial charge < -0.3 is 28.2 Å². The maximum Gasteiger partial charge on any atom is 0.254 e. The third-order valence-electron chi connectivity index (χ3n) is 3.73. The van der Waals surface area contributed by atoms with Gasteiger partial charge >= 0.3 is 0 Å². The molecule has 0 aliphatic heterocycles. The first-order valence-corrected chi connectivity index (χ1v) is 8.99. The SMILES string of the molecule is C#CCOCCOCCOCCOCCOc1cc(C(C)C(C)C)on1. The fourth-order valence-corrected chi connectivity index (χ4v) is 1.88. The van der Waals surface area contributed by atoms with E-state index < -0.39 is 0 Å². The van der Waals surface area contributed by atoms with Crippen LogP contribution in [0.1, 0.15) is 32.4 Å². The molecule has 7 heteroatoms. The van der Waals surface area contributed by atoms with Crippen LogP contribution in [0.2, 0.25) is 0 Å². The summed E-state index contributed by atoms with van der Waals surface area (Å²) in [5.41, 5.74) is 0. The van der Waals surface area contributed by atoms with Crippen molar-refractivity contribution in [1.82, 2.24) is 5.16 Å². The van der Waals surface area contributed by atoms with Crippen molar-refractivity contribution >= 4 is 0 Å². The van der Waals surface area contributed by atoms with Crippen LogP contribution in [0.15, 0.2) is 10.6 Å². The minimum absolute atomic E-state index is 0.313. The molecule has 0 N–H and O–H groups in total.